The highest BCUT2D eigenvalue weighted by Crippen LogP contribution is 2.29. The third-order valence-electron chi connectivity index (χ3n) is 13.0. The zero-order valence-electron chi connectivity index (χ0n) is 38.1. The molecule has 6 heterocycles. The Bertz CT molecular complexity index is 1890. The van der Waals surface area contributed by atoms with Gasteiger partial charge in [-0.2, -0.15) is 0 Å². The van der Waals surface area contributed by atoms with Gasteiger partial charge in [-0.05, 0) is 126 Å². The predicted molar refractivity (Wildman–Crippen MR) is 251 cm³/mol. The van der Waals surface area contributed by atoms with E-state index in [-0.39, 0.29) is 29.9 Å². The van der Waals surface area contributed by atoms with Crippen molar-refractivity contribution < 1.29 is 24.2 Å². The van der Waals surface area contributed by atoms with E-state index in [1.54, 1.807) is 48.1 Å². The number of aromatic carboxylic acids is 1. The smallest absolute Gasteiger partial charge is 0.337 e. The summed E-state index contributed by atoms with van der Waals surface area (Å²) in [5, 5.41) is 12.0. The van der Waals surface area contributed by atoms with Gasteiger partial charge in [-0.25, -0.2) is 24.7 Å². The summed E-state index contributed by atoms with van der Waals surface area (Å²) in [5.74, 6) is 3.06. The number of nitrogens with two attached hydrogens (primary N) is 1. The molecule has 4 aliphatic rings. The van der Waals surface area contributed by atoms with Gasteiger partial charge in [0.2, 0.25) is 0 Å². The van der Waals surface area contributed by atoms with E-state index in [0.29, 0.717) is 29.3 Å². The molecule has 0 radical (unpaired) electrons. The fraction of sp³-hybridized carbons (Fsp3) is 0.625. The van der Waals surface area contributed by atoms with Gasteiger partial charge in [-0.3, -0.25) is 13.9 Å². The highest BCUT2D eigenvalue weighted by atomic mass is 35.5. The average Bonchev–Trinajstić information content (AvgIpc) is 4.07. The molecule has 4 aromatic heterocycles. The van der Waals surface area contributed by atoms with Crippen LogP contribution in [-0.4, -0.2) is 134 Å². The molecule has 352 valence electrons. The van der Waals surface area contributed by atoms with Gasteiger partial charge in [-0.1, -0.05) is 25.7 Å². The minimum atomic E-state index is -0.977. The lowest BCUT2D eigenvalue weighted by atomic mass is 9.83. The molecule has 6 atom stereocenters. The van der Waals surface area contributed by atoms with E-state index in [1.165, 1.54) is 109 Å². The van der Waals surface area contributed by atoms with Gasteiger partial charge in [0.25, 0.3) is 5.91 Å². The summed E-state index contributed by atoms with van der Waals surface area (Å²) in [6, 6.07) is 7.53. The number of nitrogens with zero attached hydrogens (tertiary/aromatic N) is 8. The van der Waals surface area contributed by atoms with Crippen LogP contribution in [0.3, 0.4) is 0 Å². The largest absolute Gasteiger partial charge is 0.478 e. The SMILES string of the molecule is CCOCC1CCCN(C[C@@H]2CCCC[C@H]2N)C1.CCOCC1CCCN(C[C@@H]2CCCC[C@H]2NC(=O)c2ccc(-n3ccnc3)nc2)C1.Cl.O=C(O)c1ccc(-n2ccnc2)nc1. The van der Waals surface area contributed by atoms with Crippen LogP contribution in [0.25, 0.3) is 11.6 Å². The molecular weight excluding hydrogens is 832 g/mol. The van der Waals surface area contributed by atoms with Crippen LogP contribution in [-0.2, 0) is 9.47 Å². The van der Waals surface area contributed by atoms with Crippen molar-refractivity contribution in [3.63, 3.8) is 0 Å². The molecule has 0 spiro atoms. The van der Waals surface area contributed by atoms with E-state index >= 15 is 0 Å². The second-order valence-corrected chi connectivity index (χ2v) is 17.7. The molecule has 1 amide bonds. The first-order valence-corrected chi connectivity index (χ1v) is 23.6. The van der Waals surface area contributed by atoms with Gasteiger partial charge in [0.15, 0.2) is 0 Å². The van der Waals surface area contributed by atoms with E-state index in [2.05, 4.69) is 48.9 Å². The molecule has 0 aromatic carbocycles. The van der Waals surface area contributed by atoms with Gasteiger partial charge in [0.1, 0.15) is 24.3 Å². The number of imidazole rings is 2. The molecular formula is C48H73ClN10O5. The number of carbonyl (C=O) groups excluding carboxylic acids is 1. The van der Waals surface area contributed by atoms with Crippen molar-refractivity contribution in [1.82, 2.24) is 44.2 Å². The van der Waals surface area contributed by atoms with Crippen molar-refractivity contribution in [2.45, 2.75) is 103 Å². The average molecular weight is 906 g/mol. The number of aromatic nitrogens is 6. The summed E-state index contributed by atoms with van der Waals surface area (Å²) in [4.78, 5) is 45.0. The van der Waals surface area contributed by atoms with Crippen LogP contribution in [0, 0.1) is 23.7 Å². The maximum Gasteiger partial charge on any atom is 0.337 e. The number of carboxylic acids is 1. The van der Waals surface area contributed by atoms with E-state index in [0.717, 1.165) is 63.6 Å². The van der Waals surface area contributed by atoms with Crippen molar-refractivity contribution in [1.29, 1.82) is 0 Å². The van der Waals surface area contributed by atoms with Crippen molar-refractivity contribution in [2.24, 2.45) is 29.4 Å². The monoisotopic (exact) mass is 905 g/mol. The van der Waals surface area contributed by atoms with Crippen molar-refractivity contribution in [3.05, 3.63) is 85.2 Å². The van der Waals surface area contributed by atoms with Crippen molar-refractivity contribution >= 4 is 24.3 Å². The summed E-state index contributed by atoms with van der Waals surface area (Å²) < 4.78 is 14.8. The molecule has 2 saturated heterocycles. The molecule has 64 heavy (non-hydrogen) atoms. The molecule has 2 aliphatic carbocycles. The summed E-state index contributed by atoms with van der Waals surface area (Å²) in [5.41, 5.74) is 7.05. The summed E-state index contributed by atoms with van der Waals surface area (Å²) in [7, 11) is 0. The molecule has 2 unspecified atom stereocenters. The van der Waals surface area contributed by atoms with Crippen LogP contribution in [0.5, 0.6) is 0 Å². The number of hydrogen-bond donors (Lipinski definition) is 3. The molecule has 4 fully saturated rings. The van der Waals surface area contributed by atoms with Gasteiger partial charge < -0.3 is 35.4 Å². The Labute approximate surface area is 386 Å². The maximum atomic E-state index is 12.9. The summed E-state index contributed by atoms with van der Waals surface area (Å²) in [6.45, 7) is 14.7. The van der Waals surface area contributed by atoms with Crippen molar-refractivity contribution in [2.75, 3.05) is 65.7 Å². The van der Waals surface area contributed by atoms with Crippen LogP contribution >= 0.6 is 12.4 Å². The fourth-order valence-electron chi connectivity index (χ4n) is 9.60. The number of halogens is 1. The molecule has 4 N–H and O–H groups in total. The van der Waals surface area contributed by atoms with Crippen LogP contribution < -0.4 is 11.1 Å². The Balaban J connectivity index is 0.000000198. The molecule has 2 saturated carbocycles. The number of piperidine rings is 2. The highest BCUT2D eigenvalue weighted by Gasteiger charge is 2.31. The quantitative estimate of drug-likeness (QED) is 0.112. The Kier molecular flexibility index (Phi) is 21.6. The standard InChI is InChI=1S/C24H35N5O2.C15H30N2O.C9H7N3O2.ClH/c1-2-31-17-19-6-5-12-28(15-19)16-21-7-3-4-8-22(21)27-24(30)20-9-10-23(26-14-20)29-13-11-25-18-29;1-2-18-12-13-6-5-9-17(10-13)11-14-7-3-4-8-15(14)16;13-9(14)7-1-2-8(11-5-7)12-4-3-10-6-12;/h9-11,13-14,18-19,21-22H,2-8,12,15-17H2,1H3,(H,27,30);13-15H,2-12,16H2,1H3;1-6H,(H,13,14);1H/t19?,21-,22+;13?,14-,15+;;/m00../s1. The van der Waals surface area contributed by atoms with Crippen LogP contribution in [0.1, 0.15) is 112 Å². The lowest BCUT2D eigenvalue weighted by Gasteiger charge is -2.39. The van der Waals surface area contributed by atoms with E-state index in [4.69, 9.17) is 20.3 Å². The van der Waals surface area contributed by atoms with E-state index in [1.807, 2.05) is 22.9 Å². The molecule has 4 aromatic rings. The van der Waals surface area contributed by atoms with Gasteiger partial charge >= 0.3 is 5.97 Å². The number of carbonyl (C=O) groups is 2. The van der Waals surface area contributed by atoms with E-state index in [9.17, 15) is 9.59 Å². The number of hydrogen-bond acceptors (Lipinski definition) is 11. The second-order valence-electron chi connectivity index (χ2n) is 17.7. The van der Waals surface area contributed by atoms with Crippen LogP contribution in [0.4, 0.5) is 0 Å². The lowest BCUT2D eigenvalue weighted by molar-refractivity contribution is 0.0547. The van der Waals surface area contributed by atoms with Gasteiger partial charge in [0.05, 0.1) is 24.3 Å². The molecule has 16 heteroatoms. The molecule has 0 bridgehead atoms. The van der Waals surface area contributed by atoms with Gasteiger partial charge in [-0.15, -0.1) is 12.4 Å². The van der Waals surface area contributed by atoms with Crippen molar-refractivity contribution in [3.8, 4) is 11.6 Å². The highest BCUT2D eigenvalue weighted by molar-refractivity contribution is 5.94. The molecule has 2 aliphatic heterocycles. The fourth-order valence-corrected chi connectivity index (χ4v) is 9.60. The Hall–Kier alpha value is -4.25. The minimum Gasteiger partial charge on any atom is -0.478 e. The number of carboxylic acid groups (broad SMARTS) is 1. The Morgan fingerprint density at radius 2 is 1.22 bits per heavy atom. The number of nitrogens with one attached hydrogen (secondary N) is 1. The first-order valence-electron chi connectivity index (χ1n) is 23.6. The molecule has 8 rings (SSSR count). The third-order valence-corrected chi connectivity index (χ3v) is 13.0. The number of pyridine rings is 2. The first-order chi connectivity index (χ1) is 30.8. The number of ether oxygens (including phenoxy) is 2. The minimum absolute atomic E-state index is 0. The van der Waals surface area contributed by atoms with E-state index < -0.39 is 5.97 Å². The topological polar surface area (TPSA) is 179 Å². The third kappa shape index (κ3) is 16.0. The van der Waals surface area contributed by atoms with Gasteiger partial charge in [0, 0.05) is 88.7 Å². The molecule has 15 nitrogen and oxygen atoms in total. The predicted octanol–water partition coefficient (Wildman–Crippen LogP) is 6.94. The van der Waals surface area contributed by atoms with Crippen LogP contribution in [0.15, 0.2) is 74.1 Å². The Morgan fingerprint density at radius 3 is 1.70 bits per heavy atom. The number of amides is 1. The lowest BCUT2D eigenvalue weighted by Crippen LogP contribution is -2.48. The maximum absolute atomic E-state index is 12.9. The summed E-state index contributed by atoms with van der Waals surface area (Å²) in [6.07, 6.45) is 28.4. The number of rotatable bonds is 15. The Morgan fingerprint density at radius 1 is 0.703 bits per heavy atom. The second kappa shape index (κ2) is 27.3. The summed E-state index contributed by atoms with van der Waals surface area (Å²) >= 11 is 0. The van der Waals surface area contributed by atoms with Crippen LogP contribution in [0.2, 0.25) is 0 Å². The number of likely N-dealkylation sites (tertiary alicyclic amines) is 2. The normalized spacial score (nSPS) is 23.9. The zero-order chi connectivity index (χ0) is 44.2. The first kappa shape index (κ1) is 50.7. The zero-order valence-corrected chi connectivity index (χ0v) is 38.9.